The quantitative estimate of drug-likeness (QED) is 0.732. The molecule has 0 saturated carbocycles. The number of ether oxygens (including phenoxy) is 1. The molecule has 0 saturated heterocycles. The van der Waals surface area contributed by atoms with Gasteiger partial charge in [-0.3, -0.25) is 0 Å². The molecule has 0 aliphatic heterocycles. The number of urea groups is 1. The monoisotopic (exact) mass is 328 g/mol. The second-order valence-electron chi connectivity index (χ2n) is 5.52. The first-order chi connectivity index (χ1) is 11.6. The van der Waals surface area contributed by atoms with E-state index in [9.17, 15) is 9.90 Å². The van der Waals surface area contributed by atoms with Crippen molar-refractivity contribution in [2.24, 2.45) is 0 Å². The lowest BCUT2D eigenvalue weighted by Gasteiger charge is -2.18. The van der Waals surface area contributed by atoms with Crippen molar-refractivity contribution in [1.82, 2.24) is 10.6 Å². The molecule has 128 valence electrons. The summed E-state index contributed by atoms with van der Waals surface area (Å²) < 4.78 is 5.61. The van der Waals surface area contributed by atoms with Crippen LogP contribution in [0.2, 0.25) is 0 Å². The second kappa shape index (κ2) is 8.93. The van der Waals surface area contributed by atoms with E-state index in [2.05, 4.69) is 10.6 Å². The maximum absolute atomic E-state index is 12.1. The van der Waals surface area contributed by atoms with E-state index in [-0.39, 0.29) is 12.6 Å². The molecule has 0 aromatic heterocycles. The van der Waals surface area contributed by atoms with E-state index in [1.807, 2.05) is 62.4 Å². The molecule has 0 aliphatic carbocycles. The van der Waals surface area contributed by atoms with E-state index in [1.54, 1.807) is 0 Å². The number of aliphatic hydroxyl groups excluding tert-OH is 1. The predicted octanol–water partition coefficient (Wildman–Crippen LogP) is 2.93. The van der Waals surface area contributed by atoms with Crippen LogP contribution in [0.4, 0.5) is 4.79 Å². The Bertz CT molecular complexity index is 659. The van der Waals surface area contributed by atoms with Crippen LogP contribution in [0.5, 0.6) is 5.75 Å². The van der Waals surface area contributed by atoms with Gasteiger partial charge < -0.3 is 20.5 Å². The minimum Gasteiger partial charge on any atom is -0.494 e. The molecule has 0 radical (unpaired) electrons. The van der Waals surface area contributed by atoms with E-state index >= 15 is 0 Å². The highest BCUT2D eigenvalue weighted by Gasteiger charge is 2.13. The molecule has 0 spiro atoms. The third kappa shape index (κ3) is 4.99. The fourth-order valence-corrected chi connectivity index (χ4v) is 2.40. The van der Waals surface area contributed by atoms with Gasteiger partial charge in [0, 0.05) is 12.1 Å². The van der Waals surface area contributed by atoms with Gasteiger partial charge in [0.15, 0.2) is 0 Å². The third-order valence-corrected chi connectivity index (χ3v) is 3.65. The average molecular weight is 328 g/mol. The molecule has 0 bridgehead atoms. The number of benzene rings is 2. The van der Waals surface area contributed by atoms with E-state index in [0.717, 1.165) is 22.4 Å². The molecular formula is C19H24N2O3. The first-order valence-corrected chi connectivity index (χ1v) is 8.06. The number of hydrogen-bond donors (Lipinski definition) is 3. The van der Waals surface area contributed by atoms with Crippen molar-refractivity contribution in [3.05, 3.63) is 65.2 Å². The molecule has 2 amide bonds. The van der Waals surface area contributed by atoms with E-state index in [4.69, 9.17) is 4.74 Å². The van der Waals surface area contributed by atoms with Gasteiger partial charge in [-0.15, -0.1) is 0 Å². The van der Waals surface area contributed by atoms with Crippen LogP contribution in [-0.4, -0.2) is 24.4 Å². The summed E-state index contributed by atoms with van der Waals surface area (Å²) in [4.78, 5) is 12.1. The van der Waals surface area contributed by atoms with Gasteiger partial charge in [0.2, 0.25) is 0 Å². The van der Waals surface area contributed by atoms with E-state index < -0.39 is 6.04 Å². The Balaban J connectivity index is 1.95. The van der Waals surface area contributed by atoms with Crippen LogP contribution in [0.25, 0.3) is 0 Å². The normalized spacial score (nSPS) is 11.6. The maximum atomic E-state index is 12.1. The van der Waals surface area contributed by atoms with Crippen LogP contribution in [0, 0.1) is 6.92 Å². The Labute approximate surface area is 142 Å². The number of amides is 2. The number of aryl methyl sites for hydroxylation is 1. The summed E-state index contributed by atoms with van der Waals surface area (Å²) in [6, 6.07) is 14.5. The van der Waals surface area contributed by atoms with Crippen LogP contribution in [-0.2, 0) is 6.54 Å². The average Bonchev–Trinajstić information content (AvgIpc) is 2.60. The van der Waals surface area contributed by atoms with Gasteiger partial charge in [0.05, 0.1) is 19.3 Å². The van der Waals surface area contributed by atoms with Crippen molar-refractivity contribution in [1.29, 1.82) is 0 Å². The molecule has 0 fully saturated rings. The van der Waals surface area contributed by atoms with Gasteiger partial charge in [-0.25, -0.2) is 4.79 Å². The zero-order chi connectivity index (χ0) is 17.4. The molecule has 3 N–H and O–H groups in total. The molecule has 2 rings (SSSR count). The Morgan fingerprint density at radius 3 is 2.62 bits per heavy atom. The van der Waals surface area contributed by atoms with Gasteiger partial charge in [-0.1, -0.05) is 42.5 Å². The zero-order valence-electron chi connectivity index (χ0n) is 14.1. The van der Waals surface area contributed by atoms with Crippen LogP contribution < -0.4 is 15.4 Å². The molecule has 2 aromatic carbocycles. The lowest BCUT2D eigenvalue weighted by molar-refractivity contribution is 0.216. The number of hydrogen-bond acceptors (Lipinski definition) is 3. The van der Waals surface area contributed by atoms with Crippen LogP contribution in [0.3, 0.4) is 0 Å². The van der Waals surface area contributed by atoms with Crippen molar-refractivity contribution in [2.45, 2.75) is 26.4 Å². The van der Waals surface area contributed by atoms with Crippen molar-refractivity contribution in [3.8, 4) is 5.75 Å². The standard InChI is InChI=1S/C19H24N2O3/c1-3-24-18-11-14(2)9-10-16(18)12-20-19(23)21-17(13-22)15-7-5-4-6-8-15/h4-11,17,22H,3,12-13H2,1-2H3,(H2,20,21,23). The smallest absolute Gasteiger partial charge is 0.315 e. The Hall–Kier alpha value is -2.53. The minimum absolute atomic E-state index is 0.161. The fourth-order valence-electron chi connectivity index (χ4n) is 2.40. The summed E-state index contributed by atoms with van der Waals surface area (Å²) in [6.07, 6.45) is 0. The molecule has 1 unspecified atom stereocenters. The Kier molecular flexibility index (Phi) is 6.63. The summed E-state index contributed by atoms with van der Waals surface area (Å²) in [5.41, 5.74) is 2.88. The molecule has 1 atom stereocenters. The van der Waals surface area contributed by atoms with Gasteiger partial charge >= 0.3 is 6.03 Å². The second-order valence-corrected chi connectivity index (χ2v) is 5.52. The number of rotatable bonds is 7. The summed E-state index contributed by atoms with van der Waals surface area (Å²) in [6.45, 7) is 4.69. The van der Waals surface area contributed by atoms with E-state index in [0.29, 0.717) is 13.2 Å². The van der Waals surface area contributed by atoms with Crippen LogP contribution >= 0.6 is 0 Å². The van der Waals surface area contributed by atoms with E-state index in [1.165, 1.54) is 0 Å². The highest BCUT2D eigenvalue weighted by molar-refractivity contribution is 5.74. The molecule has 0 heterocycles. The van der Waals surface area contributed by atoms with Crippen LogP contribution in [0.15, 0.2) is 48.5 Å². The highest BCUT2D eigenvalue weighted by atomic mass is 16.5. The lowest BCUT2D eigenvalue weighted by atomic mass is 10.1. The van der Waals surface area contributed by atoms with Gasteiger partial charge in [-0.2, -0.15) is 0 Å². The number of nitrogens with one attached hydrogen (secondary N) is 2. The molecule has 0 aliphatic rings. The summed E-state index contributed by atoms with van der Waals surface area (Å²) in [5, 5.41) is 15.1. The molecule has 24 heavy (non-hydrogen) atoms. The molecule has 5 nitrogen and oxygen atoms in total. The number of carbonyl (C=O) groups excluding carboxylic acids is 1. The largest absolute Gasteiger partial charge is 0.494 e. The maximum Gasteiger partial charge on any atom is 0.315 e. The van der Waals surface area contributed by atoms with Crippen molar-refractivity contribution < 1.29 is 14.6 Å². The van der Waals surface area contributed by atoms with Crippen LogP contribution in [0.1, 0.15) is 29.7 Å². The fraction of sp³-hybridized carbons (Fsp3) is 0.316. The SMILES string of the molecule is CCOc1cc(C)ccc1CNC(=O)NC(CO)c1ccccc1. The van der Waals surface area contributed by atoms with Gasteiger partial charge in [-0.05, 0) is 31.0 Å². The molecule has 5 heteroatoms. The number of aliphatic hydroxyl groups is 1. The van der Waals surface area contributed by atoms with Gasteiger partial charge in [0.25, 0.3) is 0 Å². The van der Waals surface area contributed by atoms with Crippen molar-refractivity contribution in [3.63, 3.8) is 0 Å². The topological polar surface area (TPSA) is 70.6 Å². The lowest BCUT2D eigenvalue weighted by Crippen LogP contribution is -2.38. The first-order valence-electron chi connectivity index (χ1n) is 8.06. The van der Waals surface area contributed by atoms with Gasteiger partial charge in [0.1, 0.15) is 5.75 Å². The molecular weight excluding hydrogens is 304 g/mol. The summed E-state index contributed by atoms with van der Waals surface area (Å²) in [7, 11) is 0. The Morgan fingerprint density at radius 1 is 1.21 bits per heavy atom. The number of carbonyl (C=O) groups is 1. The predicted molar refractivity (Wildman–Crippen MR) is 94.0 cm³/mol. The van der Waals surface area contributed by atoms with Crippen molar-refractivity contribution >= 4 is 6.03 Å². The molecule has 2 aromatic rings. The highest BCUT2D eigenvalue weighted by Crippen LogP contribution is 2.20. The summed E-state index contributed by atoms with van der Waals surface area (Å²) >= 11 is 0. The minimum atomic E-state index is -0.435. The first kappa shape index (κ1) is 17.8. The summed E-state index contributed by atoms with van der Waals surface area (Å²) in [5.74, 6) is 0.777. The Morgan fingerprint density at radius 2 is 1.96 bits per heavy atom. The van der Waals surface area contributed by atoms with Crippen molar-refractivity contribution in [2.75, 3.05) is 13.2 Å². The third-order valence-electron chi connectivity index (χ3n) is 3.65. The zero-order valence-corrected chi connectivity index (χ0v) is 14.1.